The van der Waals surface area contributed by atoms with Gasteiger partial charge in [-0.1, -0.05) is 12.1 Å². The van der Waals surface area contributed by atoms with Crippen LogP contribution in [0, 0.1) is 0 Å². The summed E-state index contributed by atoms with van der Waals surface area (Å²) in [6.45, 7) is 3.38. The lowest BCUT2D eigenvalue weighted by molar-refractivity contribution is -0.133. The van der Waals surface area contributed by atoms with E-state index in [1.54, 1.807) is 7.11 Å². The Balaban J connectivity index is 1.37. The van der Waals surface area contributed by atoms with Crippen LogP contribution in [-0.4, -0.2) is 66.2 Å². The summed E-state index contributed by atoms with van der Waals surface area (Å²) < 4.78 is 5.16. The number of hydrogen-bond donors (Lipinski definition) is 1. The summed E-state index contributed by atoms with van der Waals surface area (Å²) >= 11 is 0. The molecule has 1 aromatic carbocycles. The predicted octanol–water partition coefficient (Wildman–Crippen LogP) is 2.08. The number of carbonyl (C=O) groups excluding carboxylic acids is 1. The average Bonchev–Trinajstić information content (AvgIpc) is 3.08. The van der Waals surface area contributed by atoms with Crippen molar-refractivity contribution in [1.29, 1.82) is 0 Å². The first-order chi connectivity index (χ1) is 12.2. The van der Waals surface area contributed by atoms with Crippen LogP contribution in [0.15, 0.2) is 24.3 Å². The van der Waals surface area contributed by atoms with Gasteiger partial charge in [-0.3, -0.25) is 9.69 Å². The Morgan fingerprint density at radius 2 is 1.88 bits per heavy atom. The third kappa shape index (κ3) is 4.73. The van der Waals surface area contributed by atoms with Crippen molar-refractivity contribution in [3.05, 3.63) is 29.8 Å². The van der Waals surface area contributed by atoms with Crippen molar-refractivity contribution in [2.45, 2.75) is 50.7 Å². The SMILES string of the molecule is COc1ccc(CCCC(=O)N2CCN(C3CCCC3O)CC2)cc1. The second-order valence-corrected chi connectivity index (χ2v) is 7.18. The van der Waals surface area contributed by atoms with Crippen molar-refractivity contribution >= 4 is 5.91 Å². The standard InChI is InChI=1S/C20H30N2O3/c1-25-17-10-8-16(9-11-17)4-2-7-20(24)22-14-12-21(13-15-22)18-5-3-6-19(18)23/h8-11,18-19,23H,2-7,12-15H2,1H3. The number of piperazine rings is 1. The van der Waals surface area contributed by atoms with Gasteiger partial charge in [-0.2, -0.15) is 0 Å². The Morgan fingerprint density at radius 3 is 2.48 bits per heavy atom. The second-order valence-electron chi connectivity index (χ2n) is 7.18. The number of aliphatic hydroxyl groups excluding tert-OH is 1. The van der Waals surface area contributed by atoms with Gasteiger partial charge in [0.25, 0.3) is 0 Å². The largest absolute Gasteiger partial charge is 0.497 e. The van der Waals surface area contributed by atoms with E-state index in [1.807, 2.05) is 17.0 Å². The van der Waals surface area contributed by atoms with Gasteiger partial charge in [0.1, 0.15) is 5.75 Å². The molecule has 1 saturated heterocycles. The molecule has 1 saturated carbocycles. The number of amides is 1. The molecule has 138 valence electrons. The molecule has 1 heterocycles. The zero-order valence-corrected chi connectivity index (χ0v) is 15.2. The summed E-state index contributed by atoms with van der Waals surface area (Å²) in [7, 11) is 1.67. The molecule has 1 N–H and O–H groups in total. The second kappa shape index (κ2) is 8.68. The third-order valence-corrected chi connectivity index (χ3v) is 5.60. The van der Waals surface area contributed by atoms with Gasteiger partial charge in [-0.25, -0.2) is 0 Å². The number of aryl methyl sites for hydroxylation is 1. The minimum Gasteiger partial charge on any atom is -0.497 e. The normalized spacial score (nSPS) is 24.5. The zero-order chi connectivity index (χ0) is 17.6. The highest BCUT2D eigenvalue weighted by molar-refractivity contribution is 5.76. The minimum absolute atomic E-state index is 0.174. The molecule has 5 heteroatoms. The van der Waals surface area contributed by atoms with Gasteiger partial charge < -0.3 is 14.7 Å². The van der Waals surface area contributed by atoms with E-state index in [4.69, 9.17) is 4.74 Å². The van der Waals surface area contributed by atoms with E-state index in [-0.39, 0.29) is 12.0 Å². The summed E-state index contributed by atoms with van der Waals surface area (Å²) in [5, 5.41) is 10.0. The van der Waals surface area contributed by atoms with Gasteiger partial charge in [-0.15, -0.1) is 0 Å². The van der Waals surface area contributed by atoms with Crippen LogP contribution in [0.5, 0.6) is 5.75 Å². The summed E-state index contributed by atoms with van der Waals surface area (Å²) in [6, 6.07) is 8.37. The van der Waals surface area contributed by atoms with Gasteiger partial charge in [0.05, 0.1) is 13.2 Å². The number of carbonyl (C=O) groups is 1. The molecule has 2 fully saturated rings. The first-order valence-corrected chi connectivity index (χ1v) is 9.50. The topological polar surface area (TPSA) is 53.0 Å². The van der Waals surface area contributed by atoms with Crippen molar-refractivity contribution in [3.8, 4) is 5.75 Å². The van der Waals surface area contributed by atoms with Crippen LogP contribution >= 0.6 is 0 Å². The Kier molecular flexibility index (Phi) is 6.32. The molecule has 0 aromatic heterocycles. The van der Waals surface area contributed by atoms with Crippen molar-refractivity contribution < 1.29 is 14.6 Å². The molecule has 25 heavy (non-hydrogen) atoms. The predicted molar refractivity (Wildman–Crippen MR) is 97.7 cm³/mol. The van der Waals surface area contributed by atoms with Gasteiger partial charge in [0.15, 0.2) is 0 Å². The summed E-state index contributed by atoms with van der Waals surface area (Å²) in [5.41, 5.74) is 1.24. The van der Waals surface area contributed by atoms with E-state index in [1.165, 1.54) is 5.56 Å². The first kappa shape index (κ1) is 18.2. The fourth-order valence-corrected chi connectivity index (χ4v) is 4.04. The Hall–Kier alpha value is -1.59. The molecule has 0 bridgehead atoms. The van der Waals surface area contributed by atoms with Crippen LogP contribution in [0.4, 0.5) is 0 Å². The quantitative estimate of drug-likeness (QED) is 0.857. The fraction of sp³-hybridized carbons (Fsp3) is 0.650. The van der Waals surface area contributed by atoms with Gasteiger partial charge in [0, 0.05) is 38.6 Å². The average molecular weight is 346 g/mol. The molecule has 5 nitrogen and oxygen atoms in total. The lowest BCUT2D eigenvalue weighted by Crippen LogP contribution is -2.53. The summed E-state index contributed by atoms with van der Waals surface area (Å²) in [6.07, 6.45) is 5.38. The molecule has 2 atom stereocenters. The number of nitrogens with zero attached hydrogens (tertiary/aromatic N) is 2. The van der Waals surface area contributed by atoms with E-state index >= 15 is 0 Å². The van der Waals surface area contributed by atoms with Crippen LogP contribution in [0.1, 0.15) is 37.7 Å². The minimum atomic E-state index is -0.174. The summed E-state index contributed by atoms with van der Waals surface area (Å²) in [4.78, 5) is 16.8. The highest BCUT2D eigenvalue weighted by Gasteiger charge is 2.33. The number of rotatable bonds is 6. The maximum absolute atomic E-state index is 12.4. The van der Waals surface area contributed by atoms with Gasteiger partial charge in [-0.05, 0) is 49.8 Å². The Morgan fingerprint density at radius 1 is 1.16 bits per heavy atom. The van der Waals surface area contributed by atoms with Crippen molar-refractivity contribution in [3.63, 3.8) is 0 Å². The first-order valence-electron chi connectivity index (χ1n) is 9.50. The lowest BCUT2D eigenvalue weighted by atomic mass is 10.1. The van der Waals surface area contributed by atoms with Gasteiger partial charge >= 0.3 is 0 Å². The smallest absolute Gasteiger partial charge is 0.222 e. The van der Waals surface area contributed by atoms with E-state index in [0.717, 1.165) is 64.0 Å². The van der Waals surface area contributed by atoms with E-state index in [2.05, 4.69) is 17.0 Å². The van der Waals surface area contributed by atoms with Gasteiger partial charge in [0.2, 0.25) is 5.91 Å². The van der Waals surface area contributed by atoms with Crippen LogP contribution in [0.25, 0.3) is 0 Å². The molecule has 1 aromatic rings. The maximum Gasteiger partial charge on any atom is 0.222 e. The molecule has 2 unspecified atom stereocenters. The van der Waals surface area contributed by atoms with E-state index in [0.29, 0.717) is 12.5 Å². The number of hydrogen-bond acceptors (Lipinski definition) is 4. The van der Waals surface area contributed by atoms with Crippen LogP contribution in [0.3, 0.4) is 0 Å². The molecule has 1 amide bonds. The number of methoxy groups -OCH3 is 1. The zero-order valence-electron chi connectivity index (χ0n) is 15.2. The lowest BCUT2D eigenvalue weighted by Gasteiger charge is -2.39. The van der Waals surface area contributed by atoms with Crippen molar-refractivity contribution in [2.24, 2.45) is 0 Å². The van der Waals surface area contributed by atoms with Crippen molar-refractivity contribution in [2.75, 3.05) is 33.3 Å². The molecule has 3 rings (SSSR count). The molecular formula is C20H30N2O3. The monoisotopic (exact) mass is 346 g/mol. The molecule has 2 aliphatic rings. The highest BCUT2D eigenvalue weighted by Crippen LogP contribution is 2.25. The molecule has 0 radical (unpaired) electrons. The van der Waals surface area contributed by atoms with Crippen molar-refractivity contribution in [1.82, 2.24) is 9.80 Å². The molecular weight excluding hydrogens is 316 g/mol. The molecule has 0 spiro atoms. The Labute approximate surface area is 150 Å². The molecule has 1 aliphatic carbocycles. The Bertz CT molecular complexity index is 553. The number of aliphatic hydroxyl groups is 1. The summed E-state index contributed by atoms with van der Waals surface area (Å²) in [5.74, 6) is 1.13. The fourth-order valence-electron chi connectivity index (χ4n) is 4.04. The third-order valence-electron chi connectivity index (χ3n) is 5.60. The number of ether oxygens (including phenoxy) is 1. The van der Waals surface area contributed by atoms with E-state index in [9.17, 15) is 9.90 Å². The van der Waals surface area contributed by atoms with Crippen LogP contribution in [-0.2, 0) is 11.2 Å². The maximum atomic E-state index is 12.4. The molecule has 1 aliphatic heterocycles. The van der Waals surface area contributed by atoms with Crippen LogP contribution < -0.4 is 4.74 Å². The number of benzene rings is 1. The highest BCUT2D eigenvalue weighted by atomic mass is 16.5. The van der Waals surface area contributed by atoms with Crippen LogP contribution in [0.2, 0.25) is 0 Å². The van der Waals surface area contributed by atoms with E-state index < -0.39 is 0 Å².